The Labute approximate surface area is 146 Å². The molecule has 0 aliphatic heterocycles. The van der Waals surface area contributed by atoms with E-state index >= 15 is 0 Å². The van der Waals surface area contributed by atoms with E-state index in [1.165, 1.54) is 0 Å². The lowest BCUT2D eigenvalue weighted by atomic mass is 10.2. The van der Waals surface area contributed by atoms with Crippen molar-refractivity contribution in [2.24, 2.45) is 0 Å². The molecule has 25 heavy (non-hydrogen) atoms. The van der Waals surface area contributed by atoms with Crippen molar-refractivity contribution in [1.29, 1.82) is 0 Å². The molecule has 0 unspecified atom stereocenters. The van der Waals surface area contributed by atoms with E-state index in [2.05, 4.69) is 15.3 Å². The third-order valence-corrected chi connectivity index (χ3v) is 3.85. The molecule has 6 nitrogen and oxygen atoms in total. The molecule has 0 radical (unpaired) electrons. The molecular formula is C19H20N4O2. The number of imidazole rings is 1. The van der Waals surface area contributed by atoms with Crippen molar-refractivity contribution < 1.29 is 9.53 Å². The van der Waals surface area contributed by atoms with Gasteiger partial charge in [-0.15, -0.1) is 0 Å². The van der Waals surface area contributed by atoms with Crippen molar-refractivity contribution >= 4 is 5.91 Å². The molecule has 1 N–H and O–H groups in total. The zero-order valence-corrected chi connectivity index (χ0v) is 14.0. The summed E-state index contributed by atoms with van der Waals surface area (Å²) in [6.45, 7) is 2.71. The fraction of sp³-hybridized carbons (Fsp3) is 0.211. The number of nitrogens with one attached hydrogen (secondary N) is 1. The number of carbonyl (C=O) groups excluding carboxylic acids is 1. The normalized spacial score (nSPS) is 11.7. The Morgan fingerprint density at radius 2 is 2.04 bits per heavy atom. The molecule has 0 saturated heterocycles. The summed E-state index contributed by atoms with van der Waals surface area (Å²) < 4.78 is 7.47. The molecule has 6 heteroatoms. The van der Waals surface area contributed by atoms with Crippen LogP contribution in [0.2, 0.25) is 0 Å². The minimum Gasteiger partial charge on any atom is -0.473 e. The monoisotopic (exact) mass is 336 g/mol. The van der Waals surface area contributed by atoms with E-state index in [1.807, 2.05) is 49.4 Å². The predicted molar refractivity (Wildman–Crippen MR) is 93.8 cm³/mol. The summed E-state index contributed by atoms with van der Waals surface area (Å²) >= 11 is 0. The minimum atomic E-state index is -0.307. The number of benzene rings is 1. The summed E-state index contributed by atoms with van der Waals surface area (Å²) in [5.41, 5.74) is 2.02. The van der Waals surface area contributed by atoms with Crippen LogP contribution in [-0.4, -0.2) is 20.4 Å². The highest BCUT2D eigenvalue weighted by Crippen LogP contribution is 2.12. The second-order valence-corrected chi connectivity index (χ2v) is 5.68. The molecule has 3 rings (SSSR count). The highest BCUT2D eigenvalue weighted by molar-refractivity contribution is 5.79. The summed E-state index contributed by atoms with van der Waals surface area (Å²) in [6, 6.07) is 13.3. The zero-order valence-electron chi connectivity index (χ0n) is 14.0. The highest BCUT2D eigenvalue weighted by atomic mass is 16.5. The molecule has 1 amide bonds. The predicted octanol–water partition coefficient (Wildman–Crippen LogP) is 2.73. The van der Waals surface area contributed by atoms with E-state index < -0.39 is 0 Å². The summed E-state index contributed by atoms with van der Waals surface area (Å²) in [6.07, 6.45) is 6.74. The van der Waals surface area contributed by atoms with Crippen LogP contribution < -0.4 is 10.1 Å². The molecule has 0 bridgehead atoms. The number of ether oxygens (including phenoxy) is 1. The Kier molecular flexibility index (Phi) is 5.41. The maximum atomic E-state index is 12.2. The Hall–Kier alpha value is -3.15. The minimum absolute atomic E-state index is 0.0680. The number of rotatable bonds is 7. The molecule has 128 valence electrons. The average Bonchev–Trinajstić information content (AvgIpc) is 3.20. The lowest BCUT2D eigenvalue weighted by molar-refractivity contribution is -0.124. The average molecular weight is 336 g/mol. The lowest BCUT2D eigenvalue weighted by Crippen LogP contribution is -2.30. The smallest absolute Gasteiger partial charge is 0.243 e. The van der Waals surface area contributed by atoms with Gasteiger partial charge in [-0.3, -0.25) is 4.79 Å². The first-order chi connectivity index (χ1) is 12.2. The Morgan fingerprint density at radius 3 is 2.80 bits per heavy atom. The van der Waals surface area contributed by atoms with Crippen LogP contribution in [0.5, 0.6) is 5.88 Å². The van der Waals surface area contributed by atoms with Gasteiger partial charge in [-0.2, -0.15) is 0 Å². The summed E-state index contributed by atoms with van der Waals surface area (Å²) in [7, 11) is 0. The molecule has 1 atom stereocenters. The third-order valence-electron chi connectivity index (χ3n) is 3.85. The van der Waals surface area contributed by atoms with E-state index in [4.69, 9.17) is 4.74 Å². The lowest BCUT2D eigenvalue weighted by Gasteiger charge is -2.13. The first kappa shape index (κ1) is 16.7. The summed E-state index contributed by atoms with van der Waals surface area (Å²) in [5, 5.41) is 2.92. The van der Waals surface area contributed by atoms with Gasteiger partial charge in [0.05, 0.1) is 6.33 Å². The summed E-state index contributed by atoms with van der Waals surface area (Å²) in [4.78, 5) is 20.4. The van der Waals surface area contributed by atoms with Crippen LogP contribution in [0.1, 0.15) is 24.1 Å². The molecule has 0 fully saturated rings. The van der Waals surface area contributed by atoms with Crippen molar-refractivity contribution in [2.45, 2.75) is 26.1 Å². The number of pyridine rings is 1. The van der Waals surface area contributed by atoms with Crippen LogP contribution >= 0.6 is 0 Å². The number of aromatic nitrogens is 3. The first-order valence-corrected chi connectivity index (χ1v) is 8.09. The van der Waals surface area contributed by atoms with Gasteiger partial charge in [-0.05, 0) is 24.1 Å². The van der Waals surface area contributed by atoms with Crippen LogP contribution in [0, 0.1) is 0 Å². The van der Waals surface area contributed by atoms with Crippen LogP contribution in [0.3, 0.4) is 0 Å². The van der Waals surface area contributed by atoms with Crippen LogP contribution in [0.15, 0.2) is 67.4 Å². The zero-order chi connectivity index (χ0) is 17.5. The topological polar surface area (TPSA) is 69.0 Å². The first-order valence-electron chi connectivity index (χ1n) is 8.09. The van der Waals surface area contributed by atoms with E-state index in [-0.39, 0.29) is 11.9 Å². The second kappa shape index (κ2) is 8.10. The van der Waals surface area contributed by atoms with E-state index in [0.29, 0.717) is 19.0 Å². The van der Waals surface area contributed by atoms with Crippen molar-refractivity contribution in [2.75, 3.05) is 0 Å². The maximum absolute atomic E-state index is 12.2. The van der Waals surface area contributed by atoms with E-state index in [1.54, 1.807) is 29.5 Å². The van der Waals surface area contributed by atoms with Crippen LogP contribution in [0.25, 0.3) is 0 Å². The van der Waals surface area contributed by atoms with E-state index in [9.17, 15) is 4.79 Å². The maximum Gasteiger partial charge on any atom is 0.243 e. The van der Waals surface area contributed by atoms with E-state index in [0.717, 1.165) is 11.1 Å². The number of carbonyl (C=O) groups is 1. The molecule has 2 heterocycles. The SMILES string of the molecule is C[C@@H](C(=O)NCc1ccnc(OCc2ccccc2)c1)n1ccnc1. The van der Waals surface area contributed by atoms with Gasteiger partial charge in [0.15, 0.2) is 0 Å². The molecule has 0 spiro atoms. The Balaban J connectivity index is 1.54. The third kappa shape index (κ3) is 4.67. The van der Waals surface area contributed by atoms with Gasteiger partial charge in [0.2, 0.25) is 11.8 Å². The molecule has 0 aliphatic rings. The van der Waals surface area contributed by atoms with Gasteiger partial charge < -0.3 is 14.6 Å². The highest BCUT2D eigenvalue weighted by Gasteiger charge is 2.13. The Morgan fingerprint density at radius 1 is 1.20 bits per heavy atom. The quantitative estimate of drug-likeness (QED) is 0.720. The van der Waals surface area contributed by atoms with Crippen LogP contribution in [0.4, 0.5) is 0 Å². The Bertz CT molecular complexity index is 803. The van der Waals surface area contributed by atoms with Crippen molar-refractivity contribution in [1.82, 2.24) is 19.9 Å². The molecule has 0 aliphatic carbocycles. The standard InChI is InChI=1S/C19H20N4O2/c1-15(23-10-9-20-14-23)19(24)22-12-17-7-8-21-18(11-17)25-13-16-5-3-2-4-6-16/h2-11,14-15H,12-13H2,1H3,(H,22,24)/t15-/m0/s1. The molecule has 3 aromatic rings. The van der Waals surface area contributed by atoms with Crippen LogP contribution in [-0.2, 0) is 17.9 Å². The summed E-state index contributed by atoms with van der Waals surface area (Å²) in [5.74, 6) is 0.472. The van der Waals surface area contributed by atoms with Gasteiger partial charge >= 0.3 is 0 Å². The largest absolute Gasteiger partial charge is 0.473 e. The fourth-order valence-corrected chi connectivity index (χ4v) is 2.34. The number of hydrogen-bond acceptors (Lipinski definition) is 4. The van der Waals surface area contributed by atoms with Gasteiger partial charge in [-0.25, -0.2) is 9.97 Å². The number of hydrogen-bond donors (Lipinski definition) is 1. The van der Waals surface area contributed by atoms with Gasteiger partial charge in [0.25, 0.3) is 0 Å². The molecule has 1 aromatic carbocycles. The van der Waals surface area contributed by atoms with Gasteiger partial charge in [0.1, 0.15) is 12.6 Å². The number of amides is 1. The second-order valence-electron chi connectivity index (χ2n) is 5.68. The van der Waals surface area contributed by atoms with Gasteiger partial charge in [-0.1, -0.05) is 30.3 Å². The molecule has 0 saturated carbocycles. The fourth-order valence-electron chi connectivity index (χ4n) is 2.34. The van der Waals surface area contributed by atoms with Gasteiger partial charge in [0, 0.05) is 31.2 Å². The van der Waals surface area contributed by atoms with Crippen molar-refractivity contribution in [3.8, 4) is 5.88 Å². The van der Waals surface area contributed by atoms with Crippen molar-refractivity contribution in [3.05, 3.63) is 78.5 Å². The number of nitrogens with zero attached hydrogens (tertiary/aromatic N) is 3. The molecular weight excluding hydrogens is 316 g/mol. The molecule has 2 aromatic heterocycles. The van der Waals surface area contributed by atoms with Crippen molar-refractivity contribution in [3.63, 3.8) is 0 Å².